The van der Waals surface area contributed by atoms with E-state index in [0.29, 0.717) is 11.1 Å². The molecule has 2 aromatic heterocycles. The van der Waals surface area contributed by atoms with Gasteiger partial charge in [0.25, 0.3) is 11.1 Å². The van der Waals surface area contributed by atoms with E-state index in [-0.39, 0.29) is 5.25 Å². The molecule has 1 atom stereocenters. The number of benzene rings is 2. The lowest BCUT2D eigenvalue weighted by Crippen LogP contribution is -1.87. The molecule has 5 heteroatoms. The Kier molecular flexibility index (Phi) is 3.63. The van der Waals surface area contributed by atoms with Crippen molar-refractivity contribution in [2.24, 2.45) is 0 Å². The summed E-state index contributed by atoms with van der Waals surface area (Å²) < 4.78 is 5.85. The second-order valence-corrected chi connectivity index (χ2v) is 6.58. The van der Waals surface area contributed by atoms with Crippen molar-refractivity contribution in [1.29, 1.82) is 0 Å². The smallest absolute Gasteiger partial charge is 0.277 e. The minimum absolute atomic E-state index is 0.257. The minimum atomic E-state index is 0.257. The molecule has 2 aromatic carbocycles. The van der Waals surface area contributed by atoms with Crippen molar-refractivity contribution in [3.05, 3.63) is 66.4 Å². The van der Waals surface area contributed by atoms with Gasteiger partial charge in [-0.2, -0.15) is 0 Å². The number of thioether (sulfide) groups is 1. The Hall–Kier alpha value is -2.53. The van der Waals surface area contributed by atoms with Crippen molar-refractivity contribution < 1.29 is 4.42 Å². The first-order valence-electron chi connectivity index (χ1n) is 7.43. The van der Waals surface area contributed by atoms with Crippen molar-refractivity contribution in [1.82, 2.24) is 15.2 Å². The van der Waals surface area contributed by atoms with Crippen LogP contribution in [0.25, 0.3) is 22.4 Å². The molecule has 0 aliphatic heterocycles. The first-order valence-corrected chi connectivity index (χ1v) is 8.31. The van der Waals surface area contributed by atoms with E-state index in [9.17, 15) is 0 Å². The lowest BCUT2D eigenvalue weighted by molar-refractivity contribution is 0.465. The summed E-state index contributed by atoms with van der Waals surface area (Å²) in [6.07, 6.45) is 1.91. The van der Waals surface area contributed by atoms with Crippen LogP contribution in [-0.4, -0.2) is 15.2 Å². The highest BCUT2D eigenvalue weighted by Gasteiger charge is 2.16. The molecular formula is C18H15N3OS. The van der Waals surface area contributed by atoms with Gasteiger partial charge < -0.3 is 9.40 Å². The van der Waals surface area contributed by atoms with Crippen LogP contribution < -0.4 is 0 Å². The molecule has 0 saturated carbocycles. The number of rotatable bonds is 4. The maximum atomic E-state index is 5.85. The molecule has 0 spiro atoms. The first-order chi connectivity index (χ1) is 11.3. The van der Waals surface area contributed by atoms with Gasteiger partial charge >= 0.3 is 0 Å². The zero-order valence-corrected chi connectivity index (χ0v) is 13.4. The lowest BCUT2D eigenvalue weighted by Gasteiger charge is -2.07. The standard InChI is InChI=1S/C18H15N3OS/c1-12(13-7-3-2-4-8-13)23-18-21-20-17(22-18)15-11-19-16-10-6-5-9-14(15)16/h2-12,19H,1H3/t12-/m1/s1. The van der Waals surface area contributed by atoms with Crippen molar-refractivity contribution in [2.45, 2.75) is 17.4 Å². The monoisotopic (exact) mass is 321 g/mol. The van der Waals surface area contributed by atoms with Gasteiger partial charge in [-0.3, -0.25) is 0 Å². The highest BCUT2D eigenvalue weighted by atomic mass is 32.2. The summed E-state index contributed by atoms with van der Waals surface area (Å²) in [5, 5.41) is 10.3. The number of para-hydroxylation sites is 1. The predicted molar refractivity (Wildman–Crippen MR) is 92.3 cm³/mol. The molecule has 4 nitrogen and oxygen atoms in total. The Morgan fingerprint density at radius 2 is 1.78 bits per heavy atom. The summed E-state index contributed by atoms with van der Waals surface area (Å²) in [6, 6.07) is 18.4. The molecule has 4 rings (SSSR count). The fourth-order valence-corrected chi connectivity index (χ4v) is 3.37. The normalized spacial score (nSPS) is 12.6. The topological polar surface area (TPSA) is 54.7 Å². The Morgan fingerprint density at radius 1 is 1.00 bits per heavy atom. The van der Waals surface area contributed by atoms with Gasteiger partial charge in [0.2, 0.25) is 0 Å². The van der Waals surface area contributed by atoms with Crippen molar-refractivity contribution in [3.8, 4) is 11.5 Å². The molecule has 0 bridgehead atoms. The fourth-order valence-electron chi connectivity index (χ4n) is 2.56. The van der Waals surface area contributed by atoms with Gasteiger partial charge in [-0.05, 0) is 18.6 Å². The highest BCUT2D eigenvalue weighted by Crippen LogP contribution is 2.36. The van der Waals surface area contributed by atoms with E-state index in [2.05, 4.69) is 34.2 Å². The van der Waals surface area contributed by atoms with Crippen LogP contribution in [0.4, 0.5) is 0 Å². The summed E-state index contributed by atoms with van der Waals surface area (Å²) in [6.45, 7) is 2.13. The Labute approximate surface area is 137 Å². The molecule has 114 valence electrons. The molecule has 0 radical (unpaired) electrons. The van der Waals surface area contributed by atoms with E-state index in [4.69, 9.17) is 4.42 Å². The Balaban J connectivity index is 1.60. The molecule has 0 fully saturated rings. The molecule has 23 heavy (non-hydrogen) atoms. The second-order valence-electron chi connectivity index (χ2n) is 5.29. The Morgan fingerprint density at radius 3 is 2.65 bits per heavy atom. The molecule has 0 amide bonds. The average molecular weight is 321 g/mol. The van der Waals surface area contributed by atoms with E-state index in [1.54, 1.807) is 11.8 Å². The van der Waals surface area contributed by atoms with Gasteiger partial charge in [0.15, 0.2) is 0 Å². The van der Waals surface area contributed by atoms with Crippen molar-refractivity contribution in [3.63, 3.8) is 0 Å². The van der Waals surface area contributed by atoms with Crippen LogP contribution in [0.1, 0.15) is 17.7 Å². The largest absolute Gasteiger partial charge is 0.411 e. The molecule has 0 saturated heterocycles. The fraction of sp³-hybridized carbons (Fsp3) is 0.111. The lowest BCUT2D eigenvalue weighted by atomic mass is 10.2. The van der Waals surface area contributed by atoms with Crippen LogP contribution in [-0.2, 0) is 0 Å². The molecule has 0 aliphatic rings. The number of nitrogens with one attached hydrogen (secondary N) is 1. The maximum absolute atomic E-state index is 5.85. The third kappa shape index (κ3) is 2.75. The quantitative estimate of drug-likeness (QED) is 0.533. The SMILES string of the molecule is C[C@@H](Sc1nnc(-c2c[nH]c3ccccc23)o1)c1ccccc1. The van der Waals surface area contributed by atoms with E-state index in [0.717, 1.165) is 16.5 Å². The molecular weight excluding hydrogens is 306 g/mol. The van der Waals surface area contributed by atoms with Gasteiger partial charge in [-0.15, -0.1) is 10.2 Å². The van der Waals surface area contributed by atoms with Crippen molar-refractivity contribution in [2.75, 3.05) is 0 Å². The number of H-pyrrole nitrogens is 1. The number of hydrogen-bond acceptors (Lipinski definition) is 4. The zero-order valence-electron chi connectivity index (χ0n) is 12.6. The average Bonchev–Trinajstić information content (AvgIpc) is 3.22. The number of fused-ring (bicyclic) bond motifs is 1. The first kappa shape index (κ1) is 14.1. The van der Waals surface area contributed by atoms with Crippen LogP contribution >= 0.6 is 11.8 Å². The van der Waals surface area contributed by atoms with Gasteiger partial charge in [0.1, 0.15) is 0 Å². The van der Waals surface area contributed by atoms with Crippen molar-refractivity contribution >= 4 is 22.7 Å². The van der Waals surface area contributed by atoms with Crippen LogP contribution in [0.15, 0.2) is 70.4 Å². The maximum Gasteiger partial charge on any atom is 0.277 e. The summed E-state index contributed by atoms with van der Waals surface area (Å²) in [5.41, 5.74) is 3.24. The number of hydrogen-bond donors (Lipinski definition) is 1. The van der Waals surface area contributed by atoms with Gasteiger partial charge in [-0.25, -0.2) is 0 Å². The Bertz CT molecular complexity index is 930. The number of aromatic amines is 1. The third-order valence-electron chi connectivity index (χ3n) is 3.77. The summed E-state index contributed by atoms with van der Waals surface area (Å²) in [7, 11) is 0. The van der Waals surface area contributed by atoms with Crippen LogP contribution in [0.5, 0.6) is 0 Å². The molecule has 0 aliphatic carbocycles. The van der Waals surface area contributed by atoms with E-state index in [1.807, 2.05) is 48.7 Å². The summed E-state index contributed by atoms with van der Waals surface area (Å²) in [4.78, 5) is 3.23. The molecule has 2 heterocycles. The minimum Gasteiger partial charge on any atom is -0.411 e. The number of aromatic nitrogens is 3. The molecule has 1 N–H and O–H groups in total. The molecule has 0 unspecified atom stereocenters. The van der Waals surface area contributed by atoms with E-state index >= 15 is 0 Å². The second kappa shape index (κ2) is 5.93. The summed E-state index contributed by atoms with van der Waals surface area (Å²) >= 11 is 1.57. The summed E-state index contributed by atoms with van der Waals surface area (Å²) in [5.74, 6) is 0.546. The highest BCUT2D eigenvalue weighted by molar-refractivity contribution is 7.99. The van der Waals surface area contributed by atoms with Gasteiger partial charge in [0, 0.05) is 22.3 Å². The molecule has 4 aromatic rings. The third-order valence-corrected chi connectivity index (χ3v) is 4.77. The zero-order chi connectivity index (χ0) is 15.6. The van der Waals surface area contributed by atoms with E-state index < -0.39 is 0 Å². The van der Waals surface area contributed by atoms with Crippen LogP contribution in [0.3, 0.4) is 0 Å². The van der Waals surface area contributed by atoms with E-state index in [1.165, 1.54) is 5.56 Å². The van der Waals surface area contributed by atoms with Gasteiger partial charge in [0.05, 0.1) is 5.56 Å². The van der Waals surface area contributed by atoms with Crippen LogP contribution in [0, 0.1) is 0 Å². The van der Waals surface area contributed by atoms with Gasteiger partial charge in [-0.1, -0.05) is 60.3 Å². The predicted octanol–water partition coefficient (Wildman–Crippen LogP) is 5.07. The van der Waals surface area contributed by atoms with Crippen LogP contribution in [0.2, 0.25) is 0 Å². The number of nitrogens with zero attached hydrogens (tertiary/aromatic N) is 2.